The Hall–Kier alpha value is -3.50. The summed E-state index contributed by atoms with van der Waals surface area (Å²) in [4.78, 5) is 33.7. The van der Waals surface area contributed by atoms with Crippen molar-refractivity contribution in [2.45, 2.75) is 12.8 Å². The number of hydrogen-bond donors (Lipinski definition) is 2. The summed E-state index contributed by atoms with van der Waals surface area (Å²) in [5, 5.41) is 12.0. The van der Waals surface area contributed by atoms with Crippen LogP contribution in [0.15, 0.2) is 24.4 Å². The molecule has 0 unspecified atom stereocenters. The van der Waals surface area contributed by atoms with Gasteiger partial charge in [0.2, 0.25) is 5.95 Å². The average molecular weight is 407 g/mol. The fourth-order valence-electron chi connectivity index (χ4n) is 2.94. The highest BCUT2D eigenvalue weighted by atomic mass is 19.3. The molecule has 1 aliphatic heterocycles. The van der Waals surface area contributed by atoms with E-state index in [1.807, 2.05) is 0 Å². The Morgan fingerprint density at radius 3 is 2.76 bits per heavy atom. The van der Waals surface area contributed by atoms with Crippen molar-refractivity contribution in [2.75, 3.05) is 42.4 Å². The maximum atomic E-state index is 14.2. The number of carbonyl (C=O) groups excluding carboxylic acids is 1. The Bertz CT molecular complexity index is 969. The third-order valence-electron chi connectivity index (χ3n) is 4.49. The van der Waals surface area contributed by atoms with Crippen molar-refractivity contribution in [3.8, 4) is 5.75 Å². The third kappa shape index (κ3) is 3.75. The zero-order valence-corrected chi connectivity index (χ0v) is 15.9. The molecule has 2 aromatic rings. The van der Waals surface area contributed by atoms with Crippen LogP contribution in [0, 0.1) is 0 Å². The van der Waals surface area contributed by atoms with Crippen LogP contribution in [0.5, 0.6) is 5.75 Å². The first-order valence-electron chi connectivity index (χ1n) is 8.64. The van der Waals surface area contributed by atoms with Crippen LogP contribution in [-0.4, -0.2) is 60.1 Å². The molecule has 29 heavy (non-hydrogen) atoms. The number of hydrogen-bond acceptors (Lipinski definition) is 7. The fraction of sp³-hybridized carbons (Fsp3) is 0.333. The van der Waals surface area contributed by atoms with Gasteiger partial charge in [0.25, 0.3) is 5.91 Å². The van der Waals surface area contributed by atoms with E-state index in [1.54, 1.807) is 6.92 Å². The Labute approximate surface area is 164 Å². The first-order valence-corrected chi connectivity index (χ1v) is 8.64. The van der Waals surface area contributed by atoms with Gasteiger partial charge in [-0.15, -0.1) is 0 Å². The van der Waals surface area contributed by atoms with E-state index in [0.717, 1.165) is 4.90 Å². The number of ether oxygens (including phenoxy) is 1. The highest BCUT2D eigenvalue weighted by Crippen LogP contribution is 2.36. The van der Waals surface area contributed by atoms with Gasteiger partial charge in [-0.25, -0.2) is 9.78 Å². The van der Waals surface area contributed by atoms with Crippen LogP contribution in [0.3, 0.4) is 0 Å². The molecule has 1 amide bonds. The van der Waals surface area contributed by atoms with Crippen molar-refractivity contribution >= 4 is 35.0 Å². The second kappa shape index (κ2) is 7.49. The molecule has 0 fully saturated rings. The number of fused-ring (bicyclic) bond motifs is 1. The molecule has 9 nitrogen and oxygen atoms in total. The summed E-state index contributed by atoms with van der Waals surface area (Å²) >= 11 is 0. The minimum absolute atomic E-state index is 0.0368. The van der Waals surface area contributed by atoms with Crippen LogP contribution in [0.25, 0.3) is 0 Å². The van der Waals surface area contributed by atoms with E-state index < -0.39 is 24.3 Å². The Kier molecular flexibility index (Phi) is 5.23. The van der Waals surface area contributed by atoms with Gasteiger partial charge in [-0.2, -0.15) is 13.8 Å². The minimum Gasteiger partial charge on any atom is -0.495 e. The molecular formula is C18H19F2N5O4. The summed E-state index contributed by atoms with van der Waals surface area (Å²) in [6.45, 7) is 1.09. The molecule has 11 heteroatoms. The van der Waals surface area contributed by atoms with E-state index in [2.05, 4.69) is 15.3 Å². The highest BCUT2D eigenvalue weighted by Gasteiger charge is 2.46. The van der Waals surface area contributed by atoms with E-state index in [0.29, 0.717) is 5.69 Å². The van der Waals surface area contributed by atoms with Crippen LogP contribution >= 0.6 is 0 Å². The molecule has 1 aromatic carbocycles. The molecule has 154 valence electrons. The van der Waals surface area contributed by atoms with Crippen molar-refractivity contribution in [1.82, 2.24) is 9.97 Å². The van der Waals surface area contributed by atoms with Crippen molar-refractivity contribution < 1.29 is 28.2 Å². The van der Waals surface area contributed by atoms with Crippen LogP contribution in [0.4, 0.5) is 31.9 Å². The van der Waals surface area contributed by atoms with Crippen molar-refractivity contribution in [3.05, 3.63) is 30.0 Å². The monoisotopic (exact) mass is 407 g/mol. The lowest BCUT2D eigenvalue weighted by molar-refractivity contribution is -0.140. The number of alkyl halides is 2. The van der Waals surface area contributed by atoms with E-state index in [4.69, 9.17) is 9.84 Å². The largest absolute Gasteiger partial charge is 0.495 e. The lowest BCUT2D eigenvalue weighted by Gasteiger charge is -2.23. The summed E-state index contributed by atoms with van der Waals surface area (Å²) in [5.74, 6) is -5.49. The summed E-state index contributed by atoms with van der Waals surface area (Å²) < 4.78 is 33.6. The van der Waals surface area contributed by atoms with E-state index in [-0.39, 0.29) is 35.3 Å². The molecule has 3 rings (SSSR count). The molecule has 0 spiro atoms. The van der Waals surface area contributed by atoms with Gasteiger partial charge in [0.15, 0.2) is 5.82 Å². The van der Waals surface area contributed by atoms with Crippen molar-refractivity contribution in [2.24, 2.45) is 0 Å². The number of carbonyl (C=O) groups is 2. The first-order chi connectivity index (χ1) is 13.7. The number of carboxylic acids is 1. The number of anilines is 4. The van der Waals surface area contributed by atoms with Crippen LogP contribution in [0.2, 0.25) is 0 Å². The molecule has 0 atom stereocenters. The van der Waals surface area contributed by atoms with E-state index >= 15 is 0 Å². The second-order valence-electron chi connectivity index (χ2n) is 6.33. The number of nitrogens with one attached hydrogen (secondary N) is 1. The van der Waals surface area contributed by atoms with Gasteiger partial charge in [-0.1, -0.05) is 0 Å². The number of amides is 1. The molecule has 2 N–H and O–H groups in total. The van der Waals surface area contributed by atoms with Crippen molar-refractivity contribution in [3.63, 3.8) is 0 Å². The molecular weight excluding hydrogens is 388 g/mol. The Morgan fingerprint density at radius 2 is 2.14 bits per heavy atom. The first kappa shape index (κ1) is 20.2. The number of rotatable bonds is 5. The summed E-state index contributed by atoms with van der Waals surface area (Å²) in [7, 11) is 2.63. The zero-order chi connectivity index (χ0) is 21.3. The quantitative estimate of drug-likeness (QED) is 0.778. The fourth-order valence-corrected chi connectivity index (χ4v) is 2.94. The number of benzene rings is 1. The molecule has 0 aliphatic carbocycles. The number of methoxy groups -OCH3 is 1. The Morgan fingerprint density at radius 1 is 1.41 bits per heavy atom. The number of halogens is 2. The SMILES string of the molecule is CCN1CC(F)(F)C(=O)N(C)c2cnc(Nc3ccc(C(=O)O)cc3OC)nc21. The summed E-state index contributed by atoms with van der Waals surface area (Å²) in [6.07, 6.45) is 1.28. The molecule has 1 aliphatic rings. The van der Waals surface area contributed by atoms with Crippen LogP contribution < -0.4 is 19.9 Å². The highest BCUT2D eigenvalue weighted by molar-refractivity contribution is 6.01. The summed E-state index contributed by atoms with van der Waals surface area (Å²) in [6, 6.07) is 4.19. The summed E-state index contributed by atoms with van der Waals surface area (Å²) in [5.41, 5.74) is 0.589. The van der Waals surface area contributed by atoms with Crippen molar-refractivity contribution in [1.29, 1.82) is 0 Å². The number of nitrogens with zero attached hydrogens (tertiary/aromatic N) is 4. The van der Waals surface area contributed by atoms with Gasteiger partial charge in [-0.05, 0) is 25.1 Å². The van der Waals surface area contributed by atoms with Gasteiger partial charge >= 0.3 is 11.9 Å². The average Bonchev–Trinajstić information content (AvgIpc) is 2.77. The van der Waals surface area contributed by atoms with Crippen LogP contribution in [0.1, 0.15) is 17.3 Å². The number of aromatic carboxylic acids is 1. The molecule has 2 heterocycles. The lowest BCUT2D eigenvalue weighted by atomic mass is 10.2. The predicted molar refractivity (Wildman–Crippen MR) is 102 cm³/mol. The maximum absolute atomic E-state index is 14.2. The molecule has 1 aromatic heterocycles. The Balaban J connectivity index is 2.00. The predicted octanol–water partition coefficient (Wildman–Crippen LogP) is 2.37. The molecule has 0 bridgehead atoms. The molecule has 0 radical (unpaired) electrons. The number of carboxylic acid groups (broad SMARTS) is 1. The van der Waals surface area contributed by atoms with Gasteiger partial charge in [0.1, 0.15) is 11.4 Å². The van der Waals surface area contributed by atoms with Gasteiger partial charge in [0.05, 0.1) is 31.1 Å². The maximum Gasteiger partial charge on any atom is 0.342 e. The van der Waals surface area contributed by atoms with Gasteiger partial charge in [0, 0.05) is 13.6 Å². The van der Waals surface area contributed by atoms with E-state index in [9.17, 15) is 18.4 Å². The third-order valence-corrected chi connectivity index (χ3v) is 4.49. The second-order valence-corrected chi connectivity index (χ2v) is 6.33. The molecule has 0 saturated heterocycles. The topological polar surface area (TPSA) is 108 Å². The smallest absolute Gasteiger partial charge is 0.342 e. The van der Waals surface area contributed by atoms with Gasteiger partial charge < -0.3 is 25.0 Å². The van der Waals surface area contributed by atoms with E-state index in [1.165, 1.54) is 43.5 Å². The number of aromatic nitrogens is 2. The molecule has 0 saturated carbocycles. The standard InChI is InChI=1S/C18H19F2N5O4/c1-4-25-9-18(19,20)16(28)24(2)12-8-21-17(23-14(12)25)22-11-6-5-10(15(26)27)7-13(11)29-3/h5-8H,4,9H2,1-3H3,(H,26,27)(H,21,22,23). The van der Waals surface area contributed by atoms with Gasteiger partial charge in [-0.3, -0.25) is 4.79 Å². The lowest BCUT2D eigenvalue weighted by Crippen LogP contribution is -2.46. The zero-order valence-electron chi connectivity index (χ0n) is 15.9. The van der Waals surface area contributed by atoms with Crippen LogP contribution in [-0.2, 0) is 4.79 Å². The minimum atomic E-state index is -3.56. The normalized spacial score (nSPS) is 15.6.